The van der Waals surface area contributed by atoms with E-state index in [9.17, 15) is 4.79 Å². The molecule has 0 aliphatic heterocycles. The Kier molecular flexibility index (Phi) is 8.14. The molecule has 2 heterocycles. The number of para-hydroxylation sites is 1. The molecule has 10 nitrogen and oxygen atoms in total. The van der Waals surface area contributed by atoms with Crippen LogP contribution >= 0.6 is 11.8 Å². The molecule has 0 atom stereocenters. The number of carbonyl (C=O) groups is 1. The van der Waals surface area contributed by atoms with E-state index in [0.29, 0.717) is 33.8 Å². The molecule has 2 aromatic heterocycles. The number of aromatic nitrogens is 4. The predicted molar refractivity (Wildman–Crippen MR) is 137 cm³/mol. The summed E-state index contributed by atoms with van der Waals surface area (Å²) in [7, 11) is 4.59. The second-order valence-corrected chi connectivity index (χ2v) is 8.16. The molecular weight excluding hydrogens is 480 g/mol. The summed E-state index contributed by atoms with van der Waals surface area (Å²) in [6.45, 7) is 0. The second-order valence-electron chi connectivity index (χ2n) is 7.22. The van der Waals surface area contributed by atoms with Gasteiger partial charge in [0.2, 0.25) is 5.75 Å². The maximum absolute atomic E-state index is 12.5. The number of carbonyl (C=O) groups excluding carboxylic acids is 1. The minimum absolute atomic E-state index is 0.0850. The third-order valence-corrected chi connectivity index (χ3v) is 5.98. The van der Waals surface area contributed by atoms with Gasteiger partial charge in [-0.1, -0.05) is 30.0 Å². The zero-order valence-electron chi connectivity index (χ0n) is 19.9. The first-order valence-electron chi connectivity index (χ1n) is 10.8. The summed E-state index contributed by atoms with van der Waals surface area (Å²) in [5, 5.41) is 13.3. The van der Waals surface area contributed by atoms with E-state index in [1.165, 1.54) is 32.2 Å². The van der Waals surface area contributed by atoms with Crippen molar-refractivity contribution in [3.63, 3.8) is 0 Å². The minimum atomic E-state index is -0.302. The van der Waals surface area contributed by atoms with E-state index in [1.54, 1.807) is 31.6 Å². The predicted octanol–water partition coefficient (Wildman–Crippen LogP) is 3.60. The van der Waals surface area contributed by atoms with Gasteiger partial charge in [-0.3, -0.25) is 14.3 Å². The Balaban J connectivity index is 1.48. The third-order valence-electron chi connectivity index (χ3n) is 5.05. The molecule has 0 saturated heterocycles. The molecule has 184 valence electrons. The van der Waals surface area contributed by atoms with Gasteiger partial charge in [0, 0.05) is 29.2 Å². The Morgan fingerprint density at radius 3 is 2.42 bits per heavy atom. The SMILES string of the molecule is COc1ccc(/C=N\NC(=O)CSc2nnc(-c3ccncc3)n2-c2ccccc2)c(OC)c1OC. The number of methoxy groups -OCH3 is 3. The number of hydrogen-bond donors (Lipinski definition) is 1. The van der Waals surface area contributed by atoms with Crippen LogP contribution in [0.2, 0.25) is 0 Å². The number of ether oxygens (including phenoxy) is 3. The molecule has 36 heavy (non-hydrogen) atoms. The highest BCUT2D eigenvalue weighted by Gasteiger charge is 2.17. The van der Waals surface area contributed by atoms with Crippen LogP contribution in [0.1, 0.15) is 5.56 Å². The van der Waals surface area contributed by atoms with Crippen LogP contribution in [0.15, 0.2) is 77.2 Å². The van der Waals surface area contributed by atoms with Crippen LogP contribution in [-0.4, -0.2) is 59.0 Å². The fourth-order valence-electron chi connectivity index (χ4n) is 3.42. The van der Waals surface area contributed by atoms with Crippen LogP contribution in [0.25, 0.3) is 17.1 Å². The van der Waals surface area contributed by atoms with Gasteiger partial charge >= 0.3 is 0 Å². The standard InChI is InChI=1S/C25H24N6O4S/c1-33-20-10-9-18(22(34-2)23(20)35-3)15-27-28-21(32)16-36-25-30-29-24(17-11-13-26-14-12-17)31(25)19-7-5-4-6-8-19/h4-15H,16H2,1-3H3,(H,28,32)/b27-15-. The molecule has 1 N–H and O–H groups in total. The quantitative estimate of drug-likeness (QED) is 0.198. The molecule has 2 aromatic carbocycles. The van der Waals surface area contributed by atoms with Gasteiger partial charge in [0.1, 0.15) is 0 Å². The fraction of sp³-hybridized carbons (Fsp3) is 0.160. The van der Waals surface area contributed by atoms with Gasteiger partial charge in [-0.15, -0.1) is 10.2 Å². The topological polar surface area (TPSA) is 113 Å². The molecule has 0 fully saturated rings. The Labute approximate surface area is 212 Å². The lowest BCUT2D eigenvalue weighted by atomic mass is 10.2. The van der Waals surface area contributed by atoms with Crippen molar-refractivity contribution in [2.45, 2.75) is 5.16 Å². The summed E-state index contributed by atoms with van der Waals surface area (Å²) >= 11 is 1.26. The Morgan fingerprint density at radius 1 is 0.972 bits per heavy atom. The summed E-state index contributed by atoms with van der Waals surface area (Å²) in [6, 6.07) is 16.9. The van der Waals surface area contributed by atoms with Gasteiger partial charge in [-0.05, 0) is 36.4 Å². The number of pyridine rings is 1. The van der Waals surface area contributed by atoms with Crippen molar-refractivity contribution in [2.24, 2.45) is 5.10 Å². The summed E-state index contributed by atoms with van der Waals surface area (Å²) < 4.78 is 18.0. The monoisotopic (exact) mass is 504 g/mol. The van der Waals surface area contributed by atoms with Crippen molar-refractivity contribution in [1.29, 1.82) is 0 Å². The smallest absolute Gasteiger partial charge is 0.250 e. The highest BCUT2D eigenvalue weighted by atomic mass is 32.2. The summed E-state index contributed by atoms with van der Waals surface area (Å²) in [5.41, 5.74) is 4.90. The zero-order valence-corrected chi connectivity index (χ0v) is 20.7. The average Bonchev–Trinajstić information content (AvgIpc) is 3.36. The van der Waals surface area contributed by atoms with Crippen LogP contribution in [0.5, 0.6) is 17.2 Å². The van der Waals surface area contributed by atoms with Crippen molar-refractivity contribution < 1.29 is 19.0 Å². The third kappa shape index (κ3) is 5.47. The van der Waals surface area contributed by atoms with Crippen molar-refractivity contribution in [1.82, 2.24) is 25.2 Å². The molecule has 0 aliphatic rings. The van der Waals surface area contributed by atoms with Crippen LogP contribution in [-0.2, 0) is 4.79 Å². The molecule has 0 bridgehead atoms. The first-order chi connectivity index (χ1) is 17.7. The first-order valence-corrected chi connectivity index (χ1v) is 11.8. The van der Waals surface area contributed by atoms with Gasteiger partial charge in [0.15, 0.2) is 22.5 Å². The number of rotatable bonds is 10. The highest BCUT2D eigenvalue weighted by Crippen LogP contribution is 2.39. The maximum Gasteiger partial charge on any atom is 0.250 e. The van der Waals surface area contributed by atoms with E-state index in [0.717, 1.165) is 11.3 Å². The highest BCUT2D eigenvalue weighted by molar-refractivity contribution is 7.99. The summed E-state index contributed by atoms with van der Waals surface area (Å²) in [4.78, 5) is 16.6. The lowest BCUT2D eigenvalue weighted by Crippen LogP contribution is -2.20. The van der Waals surface area contributed by atoms with E-state index >= 15 is 0 Å². The van der Waals surface area contributed by atoms with Crippen LogP contribution in [0, 0.1) is 0 Å². The van der Waals surface area contributed by atoms with Crippen molar-refractivity contribution in [3.05, 3.63) is 72.6 Å². The molecule has 0 radical (unpaired) electrons. The van der Waals surface area contributed by atoms with Gasteiger partial charge < -0.3 is 14.2 Å². The average molecular weight is 505 g/mol. The minimum Gasteiger partial charge on any atom is -0.493 e. The number of amides is 1. The van der Waals surface area contributed by atoms with Gasteiger partial charge in [-0.25, -0.2) is 5.43 Å². The molecule has 0 unspecified atom stereocenters. The van der Waals surface area contributed by atoms with E-state index < -0.39 is 0 Å². The first kappa shape index (κ1) is 24.7. The number of nitrogens with one attached hydrogen (secondary N) is 1. The number of thioether (sulfide) groups is 1. The lowest BCUT2D eigenvalue weighted by molar-refractivity contribution is -0.118. The van der Waals surface area contributed by atoms with Crippen molar-refractivity contribution in [2.75, 3.05) is 27.1 Å². The zero-order chi connectivity index (χ0) is 25.3. The lowest BCUT2D eigenvalue weighted by Gasteiger charge is -2.13. The molecule has 1 amide bonds. The Hall–Kier alpha value is -4.38. The Morgan fingerprint density at radius 2 is 1.72 bits per heavy atom. The van der Waals surface area contributed by atoms with Crippen molar-refractivity contribution >= 4 is 23.9 Å². The Bertz CT molecular complexity index is 1350. The fourth-order valence-corrected chi connectivity index (χ4v) is 4.17. The molecular formula is C25H24N6O4S. The number of nitrogens with zero attached hydrogens (tertiary/aromatic N) is 5. The number of hydrogen-bond acceptors (Lipinski definition) is 9. The second kappa shape index (κ2) is 11.8. The normalized spacial score (nSPS) is 10.9. The van der Waals surface area contributed by atoms with E-state index in [1.807, 2.05) is 47.0 Å². The maximum atomic E-state index is 12.5. The molecule has 11 heteroatoms. The number of benzene rings is 2. The van der Waals surface area contributed by atoms with Gasteiger partial charge in [0.25, 0.3) is 5.91 Å². The van der Waals surface area contributed by atoms with E-state index in [4.69, 9.17) is 14.2 Å². The van der Waals surface area contributed by atoms with E-state index in [2.05, 4.69) is 25.7 Å². The molecule has 0 saturated carbocycles. The summed E-state index contributed by atoms with van der Waals surface area (Å²) in [5.74, 6) is 1.86. The molecule has 0 aliphatic carbocycles. The van der Waals surface area contributed by atoms with Crippen LogP contribution in [0.4, 0.5) is 0 Å². The van der Waals surface area contributed by atoms with Gasteiger partial charge in [-0.2, -0.15) is 5.10 Å². The van der Waals surface area contributed by atoms with Crippen LogP contribution in [0.3, 0.4) is 0 Å². The van der Waals surface area contributed by atoms with E-state index in [-0.39, 0.29) is 11.7 Å². The largest absolute Gasteiger partial charge is 0.493 e. The van der Waals surface area contributed by atoms with Crippen molar-refractivity contribution in [3.8, 4) is 34.3 Å². The number of hydrazone groups is 1. The molecule has 0 spiro atoms. The van der Waals surface area contributed by atoms with Gasteiger partial charge in [0.05, 0.1) is 33.3 Å². The summed E-state index contributed by atoms with van der Waals surface area (Å²) in [6.07, 6.45) is 4.88. The van der Waals surface area contributed by atoms with Crippen LogP contribution < -0.4 is 19.6 Å². The molecule has 4 rings (SSSR count). The molecule has 4 aromatic rings.